The predicted molar refractivity (Wildman–Crippen MR) is 110 cm³/mol. The van der Waals surface area contributed by atoms with Crippen LogP contribution < -0.4 is 5.32 Å². The highest BCUT2D eigenvalue weighted by molar-refractivity contribution is 7.19. The number of thiophene rings is 1. The van der Waals surface area contributed by atoms with E-state index in [1.54, 1.807) is 22.0 Å². The Morgan fingerprint density at radius 3 is 2.37 bits per heavy atom. The first-order valence-corrected chi connectivity index (χ1v) is 9.73. The van der Waals surface area contributed by atoms with E-state index >= 15 is 0 Å². The van der Waals surface area contributed by atoms with Crippen LogP contribution in [0.25, 0.3) is 10.2 Å². The molecule has 1 N–H and O–H groups in total. The fourth-order valence-corrected chi connectivity index (χ4v) is 4.45. The SMILES string of the molecule is CCc1cc2c(cc(C(=O)OC)n2CC(=O)Nc2c(C)cc(C)cc2C)s1. The lowest BCUT2D eigenvalue weighted by molar-refractivity contribution is -0.116. The van der Waals surface area contributed by atoms with Gasteiger partial charge in [0.15, 0.2) is 0 Å². The Morgan fingerprint density at radius 1 is 1.11 bits per heavy atom. The number of amides is 1. The number of fused-ring (bicyclic) bond motifs is 1. The number of methoxy groups -OCH3 is 1. The molecule has 0 fully saturated rings. The molecule has 1 amide bonds. The minimum Gasteiger partial charge on any atom is -0.464 e. The quantitative estimate of drug-likeness (QED) is 0.653. The van der Waals surface area contributed by atoms with Gasteiger partial charge in [-0.2, -0.15) is 0 Å². The number of aryl methyl sites for hydroxylation is 4. The monoisotopic (exact) mass is 384 g/mol. The van der Waals surface area contributed by atoms with Crippen molar-refractivity contribution in [2.45, 2.75) is 40.7 Å². The highest BCUT2D eigenvalue weighted by atomic mass is 32.1. The molecule has 3 rings (SSSR count). The van der Waals surface area contributed by atoms with Crippen molar-refractivity contribution in [3.05, 3.63) is 51.5 Å². The molecule has 3 aromatic rings. The molecule has 2 heterocycles. The molecule has 2 aromatic heterocycles. The van der Waals surface area contributed by atoms with Gasteiger partial charge in [-0.15, -0.1) is 11.3 Å². The van der Waals surface area contributed by atoms with E-state index in [9.17, 15) is 9.59 Å². The summed E-state index contributed by atoms with van der Waals surface area (Å²) >= 11 is 1.64. The van der Waals surface area contributed by atoms with Gasteiger partial charge in [0.05, 0.1) is 17.3 Å². The van der Waals surface area contributed by atoms with Crippen LogP contribution in [0.1, 0.15) is 39.0 Å². The van der Waals surface area contributed by atoms with Gasteiger partial charge in [-0.1, -0.05) is 24.6 Å². The summed E-state index contributed by atoms with van der Waals surface area (Å²) < 4.78 is 7.63. The molecule has 0 aliphatic carbocycles. The normalized spacial score (nSPS) is 11.0. The summed E-state index contributed by atoms with van der Waals surface area (Å²) in [5.74, 6) is -0.607. The number of aromatic nitrogens is 1. The zero-order chi connectivity index (χ0) is 19.7. The molecule has 1 aromatic carbocycles. The van der Waals surface area contributed by atoms with Crippen molar-refractivity contribution in [3.8, 4) is 0 Å². The molecule has 0 bridgehead atoms. The molecular weight excluding hydrogens is 360 g/mol. The number of esters is 1. The van der Waals surface area contributed by atoms with Crippen LogP contribution in [0.3, 0.4) is 0 Å². The number of carbonyl (C=O) groups is 2. The van der Waals surface area contributed by atoms with Crippen molar-refractivity contribution in [3.63, 3.8) is 0 Å². The summed E-state index contributed by atoms with van der Waals surface area (Å²) in [6.07, 6.45) is 0.918. The van der Waals surface area contributed by atoms with Gasteiger partial charge in [0.2, 0.25) is 5.91 Å². The summed E-state index contributed by atoms with van der Waals surface area (Å²) in [5.41, 5.74) is 5.33. The highest BCUT2D eigenvalue weighted by Gasteiger charge is 2.20. The number of ether oxygens (including phenoxy) is 1. The summed E-state index contributed by atoms with van der Waals surface area (Å²) in [7, 11) is 1.35. The molecule has 5 nitrogen and oxygen atoms in total. The zero-order valence-electron chi connectivity index (χ0n) is 16.3. The molecule has 0 atom stereocenters. The average Bonchev–Trinajstić information content (AvgIpc) is 3.16. The van der Waals surface area contributed by atoms with E-state index in [4.69, 9.17) is 4.74 Å². The van der Waals surface area contributed by atoms with Gasteiger partial charge in [0.1, 0.15) is 12.2 Å². The van der Waals surface area contributed by atoms with Crippen molar-refractivity contribution in [2.75, 3.05) is 12.4 Å². The fourth-order valence-electron chi connectivity index (χ4n) is 3.41. The van der Waals surface area contributed by atoms with Crippen LogP contribution in [0.15, 0.2) is 24.3 Å². The number of nitrogens with one attached hydrogen (secondary N) is 1. The lowest BCUT2D eigenvalue weighted by Gasteiger charge is -2.14. The summed E-state index contributed by atoms with van der Waals surface area (Å²) in [5, 5.41) is 3.01. The van der Waals surface area contributed by atoms with Gasteiger partial charge < -0.3 is 14.6 Å². The van der Waals surface area contributed by atoms with Gasteiger partial charge in [0, 0.05) is 10.6 Å². The molecule has 0 spiro atoms. The molecule has 0 unspecified atom stereocenters. The number of hydrogen-bond acceptors (Lipinski definition) is 4. The highest BCUT2D eigenvalue weighted by Crippen LogP contribution is 2.30. The van der Waals surface area contributed by atoms with Crippen molar-refractivity contribution in [1.82, 2.24) is 4.57 Å². The lowest BCUT2D eigenvalue weighted by Crippen LogP contribution is -2.22. The van der Waals surface area contributed by atoms with Crippen molar-refractivity contribution >= 4 is 39.1 Å². The molecule has 0 aliphatic heterocycles. The second kappa shape index (κ2) is 7.56. The first-order valence-electron chi connectivity index (χ1n) is 8.92. The van der Waals surface area contributed by atoms with Gasteiger partial charge in [-0.05, 0) is 50.5 Å². The minimum absolute atomic E-state index is 0.0561. The first-order chi connectivity index (χ1) is 12.8. The van der Waals surface area contributed by atoms with E-state index in [0.29, 0.717) is 5.69 Å². The Kier molecular flexibility index (Phi) is 5.37. The van der Waals surface area contributed by atoms with Crippen LogP contribution in [-0.4, -0.2) is 23.6 Å². The van der Waals surface area contributed by atoms with E-state index in [0.717, 1.165) is 39.0 Å². The first kappa shape index (κ1) is 19.2. The van der Waals surface area contributed by atoms with Crippen LogP contribution in [0.5, 0.6) is 0 Å². The molecule has 142 valence electrons. The number of nitrogens with zero attached hydrogens (tertiary/aromatic N) is 1. The molecule has 0 aliphatic rings. The van der Waals surface area contributed by atoms with Gasteiger partial charge in [-0.3, -0.25) is 4.79 Å². The Hall–Kier alpha value is -2.60. The standard InChI is InChI=1S/C21H24N2O3S/c1-6-15-9-16-18(27-15)10-17(21(25)26-5)23(16)11-19(24)22-20-13(3)7-12(2)8-14(20)4/h7-10H,6,11H2,1-5H3,(H,22,24). The number of anilines is 1. The Labute approximate surface area is 163 Å². The second-order valence-electron chi connectivity index (χ2n) is 6.74. The Morgan fingerprint density at radius 2 is 1.78 bits per heavy atom. The third-order valence-electron chi connectivity index (χ3n) is 4.63. The number of rotatable bonds is 5. The summed E-state index contributed by atoms with van der Waals surface area (Å²) in [6, 6.07) is 7.94. The van der Waals surface area contributed by atoms with E-state index in [-0.39, 0.29) is 12.5 Å². The van der Waals surface area contributed by atoms with E-state index < -0.39 is 5.97 Å². The second-order valence-corrected chi connectivity index (χ2v) is 7.91. The third kappa shape index (κ3) is 3.76. The van der Waals surface area contributed by atoms with Crippen LogP contribution >= 0.6 is 11.3 Å². The van der Waals surface area contributed by atoms with Gasteiger partial charge >= 0.3 is 5.97 Å². The van der Waals surface area contributed by atoms with E-state index in [1.807, 2.05) is 39.0 Å². The average molecular weight is 385 g/mol. The molecule has 0 saturated heterocycles. The Balaban J connectivity index is 1.94. The largest absolute Gasteiger partial charge is 0.464 e. The maximum Gasteiger partial charge on any atom is 0.354 e. The van der Waals surface area contributed by atoms with Gasteiger partial charge in [0.25, 0.3) is 0 Å². The van der Waals surface area contributed by atoms with Crippen molar-refractivity contribution in [2.24, 2.45) is 0 Å². The van der Waals surface area contributed by atoms with Crippen molar-refractivity contribution < 1.29 is 14.3 Å². The van der Waals surface area contributed by atoms with E-state index in [1.165, 1.54) is 12.0 Å². The third-order valence-corrected chi connectivity index (χ3v) is 5.84. The lowest BCUT2D eigenvalue weighted by atomic mass is 10.1. The topological polar surface area (TPSA) is 60.3 Å². The van der Waals surface area contributed by atoms with Crippen LogP contribution in [0.2, 0.25) is 0 Å². The summed E-state index contributed by atoms with van der Waals surface area (Å²) in [6.45, 7) is 8.14. The molecule has 27 heavy (non-hydrogen) atoms. The van der Waals surface area contributed by atoms with Crippen LogP contribution in [0.4, 0.5) is 5.69 Å². The summed E-state index contributed by atoms with van der Waals surface area (Å²) in [4.78, 5) is 26.2. The fraction of sp³-hybridized carbons (Fsp3) is 0.333. The maximum absolute atomic E-state index is 12.8. The molecule has 0 radical (unpaired) electrons. The number of benzene rings is 1. The number of hydrogen-bond donors (Lipinski definition) is 1. The molecule has 6 heteroatoms. The van der Waals surface area contributed by atoms with Crippen LogP contribution in [0, 0.1) is 20.8 Å². The van der Waals surface area contributed by atoms with Crippen LogP contribution in [-0.2, 0) is 22.5 Å². The van der Waals surface area contributed by atoms with E-state index in [2.05, 4.69) is 12.2 Å². The molecular formula is C21H24N2O3S. The predicted octanol–water partition coefficient (Wildman–Crippen LogP) is 4.62. The maximum atomic E-state index is 12.8. The number of carbonyl (C=O) groups excluding carboxylic acids is 2. The van der Waals surface area contributed by atoms with Gasteiger partial charge in [-0.25, -0.2) is 4.79 Å². The van der Waals surface area contributed by atoms with Crippen molar-refractivity contribution in [1.29, 1.82) is 0 Å². The Bertz CT molecular complexity index is 1010. The smallest absolute Gasteiger partial charge is 0.354 e. The minimum atomic E-state index is -0.438. The molecule has 0 saturated carbocycles. The zero-order valence-corrected chi connectivity index (χ0v) is 17.1.